The van der Waals surface area contributed by atoms with Crippen LogP contribution in [-0.4, -0.2) is 45.8 Å². The second kappa shape index (κ2) is 6.38. The second-order valence-corrected chi connectivity index (χ2v) is 4.79. The van der Waals surface area contributed by atoms with Gasteiger partial charge in [-0.3, -0.25) is 24.3 Å². The Balaban J connectivity index is 2.08. The number of ether oxygens (including phenoxy) is 1. The summed E-state index contributed by atoms with van der Waals surface area (Å²) in [4.78, 5) is 47.9. The van der Waals surface area contributed by atoms with E-state index in [2.05, 4.69) is 5.10 Å². The Morgan fingerprint density at radius 2 is 2.10 bits per heavy atom. The van der Waals surface area contributed by atoms with E-state index < -0.39 is 23.0 Å². The Bertz CT molecular complexity index is 644. The van der Waals surface area contributed by atoms with Gasteiger partial charge in [0, 0.05) is 18.2 Å². The fraction of sp³-hybridized carbons (Fsp3) is 0.538. The van der Waals surface area contributed by atoms with Gasteiger partial charge >= 0.3 is 5.97 Å². The SMILES string of the molecule is CCOC(=O)CN(C(=O)Cn1[nH]c(=O)ccc1=O)C1CC1. The minimum absolute atomic E-state index is 0.00745. The smallest absolute Gasteiger partial charge is 0.325 e. The monoisotopic (exact) mass is 295 g/mol. The molecule has 1 aromatic rings. The van der Waals surface area contributed by atoms with Gasteiger partial charge in [-0.05, 0) is 19.8 Å². The van der Waals surface area contributed by atoms with Gasteiger partial charge in [0.2, 0.25) is 5.91 Å². The average Bonchev–Trinajstić information content (AvgIpc) is 3.25. The van der Waals surface area contributed by atoms with Gasteiger partial charge in [-0.15, -0.1) is 0 Å². The van der Waals surface area contributed by atoms with E-state index in [9.17, 15) is 19.2 Å². The molecule has 114 valence electrons. The molecule has 1 N–H and O–H groups in total. The lowest BCUT2D eigenvalue weighted by atomic mass is 10.4. The minimum Gasteiger partial charge on any atom is -0.465 e. The van der Waals surface area contributed by atoms with Crippen LogP contribution in [0.1, 0.15) is 19.8 Å². The number of H-pyrrole nitrogens is 1. The molecule has 2 rings (SSSR count). The maximum absolute atomic E-state index is 12.2. The molecule has 0 bridgehead atoms. The molecular formula is C13H17N3O5. The summed E-state index contributed by atoms with van der Waals surface area (Å²) in [5.41, 5.74) is -0.944. The summed E-state index contributed by atoms with van der Waals surface area (Å²) in [5.74, 6) is -0.874. The number of carbonyl (C=O) groups is 2. The van der Waals surface area contributed by atoms with E-state index in [1.807, 2.05) is 0 Å². The Labute approximate surface area is 120 Å². The maximum Gasteiger partial charge on any atom is 0.325 e. The summed E-state index contributed by atoms with van der Waals surface area (Å²) in [6.45, 7) is 1.50. The zero-order valence-corrected chi connectivity index (χ0v) is 11.7. The highest BCUT2D eigenvalue weighted by Crippen LogP contribution is 2.26. The van der Waals surface area contributed by atoms with E-state index in [-0.39, 0.29) is 25.7 Å². The summed E-state index contributed by atoms with van der Waals surface area (Å²) in [6.07, 6.45) is 1.65. The molecule has 0 saturated heterocycles. The van der Waals surface area contributed by atoms with Crippen molar-refractivity contribution in [2.24, 2.45) is 0 Å². The third kappa shape index (κ3) is 4.04. The zero-order valence-electron chi connectivity index (χ0n) is 11.7. The number of nitrogens with zero attached hydrogens (tertiary/aromatic N) is 2. The number of rotatable bonds is 6. The first-order chi connectivity index (χ1) is 10.0. The van der Waals surface area contributed by atoms with Crippen LogP contribution in [0.15, 0.2) is 21.7 Å². The number of nitrogens with one attached hydrogen (secondary N) is 1. The molecule has 1 amide bonds. The number of hydrogen-bond acceptors (Lipinski definition) is 5. The summed E-state index contributed by atoms with van der Waals surface area (Å²) in [7, 11) is 0. The first-order valence-electron chi connectivity index (χ1n) is 6.76. The molecule has 0 unspecified atom stereocenters. The molecule has 21 heavy (non-hydrogen) atoms. The quantitative estimate of drug-likeness (QED) is 0.685. The van der Waals surface area contributed by atoms with Crippen LogP contribution in [0, 0.1) is 0 Å². The third-order valence-corrected chi connectivity index (χ3v) is 3.09. The van der Waals surface area contributed by atoms with Crippen molar-refractivity contribution in [2.45, 2.75) is 32.4 Å². The molecule has 0 aliphatic heterocycles. The van der Waals surface area contributed by atoms with E-state index in [1.165, 1.54) is 4.90 Å². The van der Waals surface area contributed by atoms with E-state index in [4.69, 9.17) is 4.74 Å². The van der Waals surface area contributed by atoms with Crippen molar-refractivity contribution in [3.05, 3.63) is 32.8 Å². The first kappa shape index (κ1) is 15.0. The van der Waals surface area contributed by atoms with Crippen LogP contribution >= 0.6 is 0 Å². The van der Waals surface area contributed by atoms with Crippen molar-refractivity contribution in [3.63, 3.8) is 0 Å². The number of hydrogen-bond donors (Lipinski definition) is 1. The normalized spacial score (nSPS) is 13.8. The van der Waals surface area contributed by atoms with Gasteiger partial charge in [-0.2, -0.15) is 0 Å². The highest BCUT2D eigenvalue weighted by atomic mass is 16.5. The van der Waals surface area contributed by atoms with Crippen molar-refractivity contribution in [3.8, 4) is 0 Å². The fourth-order valence-corrected chi connectivity index (χ4v) is 1.96. The van der Waals surface area contributed by atoms with Gasteiger partial charge in [-0.1, -0.05) is 0 Å². The zero-order chi connectivity index (χ0) is 15.4. The standard InChI is InChI=1S/C13H17N3O5/c1-2-21-13(20)8-15(9-3-4-9)12(19)7-16-11(18)6-5-10(17)14-16/h5-6,9H,2-4,7-8H2,1H3,(H,14,17). The maximum atomic E-state index is 12.2. The highest BCUT2D eigenvalue weighted by Gasteiger charge is 2.34. The molecule has 0 radical (unpaired) electrons. The summed E-state index contributed by atoms with van der Waals surface area (Å²) in [5, 5.41) is 2.28. The van der Waals surface area contributed by atoms with Crippen LogP contribution in [0.4, 0.5) is 0 Å². The Morgan fingerprint density at radius 1 is 1.38 bits per heavy atom. The third-order valence-electron chi connectivity index (χ3n) is 3.09. The molecule has 1 aliphatic rings. The van der Waals surface area contributed by atoms with E-state index in [0.29, 0.717) is 0 Å². The summed E-state index contributed by atoms with van der Waals surface area (Å²) >= 11 is 0. The van der Waals surface area contributed by atoms with Gasteiger partial charge in [0.05, 0.1) is 6.61 Å². The topological polar surface area (TPSA) is 101 Å². The Morgan fingerprint density at radius 3 is 2.71 bits per heavy atom. The molecule has 1 aromatic heterocycles. The highest BCUT2D eigenvalue weighted by molar-refractivity contribution is 5.82. The lowest BCUT2D eigenvalue weighted by Gasteiger charge is -2.21. The van der Waals surface area contributed by atoms with Crippen LogP contribution in [0.5, 0.6) is 0 Å². The fourth-order valence-electron chi connectivity index (χ4n) is 1.96. The number of amides is 1. The molecule has 8 heteroatoms. The van der Waals surface area contributed by atoms with Crippen LogP contribution < -0.4 is 11.1 Å². The molecule has 8 nitrogen and oxygen atoms in total. The summed E-state index contributed by atoms with van der Waals surface area (Å²) in [6, 6.07) is 2.20. The van der Waals surface area contributed by atoms with Crippen molar-refractivity contribution >= 4 is 11.9 Å². The molecule has 1 heterocycles. The number of esters is 1. The van der Waals surface area contributed by atoms with Gasteiger partial charge in [0.15, 0.2) is 0 Å². The van der Waals surface area contributed by atoms with Gasteiger partial charge < -0.3 is 9.64 Å². The predicted molar refractivity (Wildman–Crippen MR) is 72.7 cm³/mol. The van der Waals surface area contributed by atoms with E-state index >= 15 is 0 Å². The van der Waals surface area contributed by atoms with Gasteiger partial charge in [-0.25, -0.2) is 4.68 Å². The van der Waals surface area contributed by atoms with Crippen LogP contribution in [0.25, 0.3) is 0 Å². The number of aromatic amines is 1. The molecule has 0 atom stereocenters. The van der Waals surface area contributed by atoms with Crippen LogP contribution in [0.2, 0.25) is 0 Å². The predicted octanol–water partition coefficient (Wildman–Crippen LogP) is -0.909. The molecule has 0 spiro atoms. The Hall–Kier alpha value is -2.38. The molecule has 1 fully saturated rings. The largest absolute Gasteiger partial charge is 0.465 e. The lowest BCUT2D eigenvalue weighted by Crippen LogP contribution is -2.42. The van der Waals surface area contributed by atoms with Gasteiger partial charge in [0.1, 0.15) is 13.1 Å². The minimum atomic E-state index is -0.480. The van der Waals surface area contributed by atoms with Crippen molar-refractivity contribution in [2.75, 3.05) is 13.2 Å². The van der Waals surface area contributed by atoms with Crippen molar-refractivity contribution in [1.82, 2.24) is 14.7 Å². The van der Waals surface area contributed by atoms with Crippen LogP contribution in [-0.2, 0) is 20.9 Å². The van der Waals surface area contributed by atoms with Crippen molar-refractivity contribution < 1.29 is 14.3 Å². The molecular weight excluding hydrogens is 278 g/mol. The number of carbonyl (C=O) groups excluding carboxylic acids is 2. The first-order valence-corrected chi connectivity index (χ1v) is 6.76. The molecule has 1 saturated carbocycles. The number of aromatic nitrogens is 2. The van der Waals surface area contributed by atoms with Crippen molar-refractivity contribution in [1.29, 1.82) is 0 Å². The second-order valence-electron chi connectivity index (χ2n) is 4.79. The average molecular weight is 295 g/mol. The van der Waals surface area contributed by atoms with Crippen LogP contribution in [0.3, 0.4) is 0 Å². The Kier molecular flexibility index (Phi) is 4.56. The molecule has 0 aromatic carbocycles. The molecule has 1 aliphatic carbocycles. The van der Waals surface area contributed by atoms with E-state index in [1.54, 1.807) is 6.92 Å². The van der Waals surface area contributed by atoms with E-state index in [0.717, 1.165) is 29.7 Å². The summed E-state index contributed by atoms with van der Waals surface area (Å²) < 4.78 is 5.77. The lowest BCUT2D eigenvalue weighted by molar-refractivity contribution is -0.149. The van der Waals surface area contributed by atoms with Gasteiger partial charge in [0.25, 0.3) is 11.1 Å².